The highest BCUT2D eigenvalue weighted by Crippen LogP contribution is 2.38. The fraction of sp³-hybridized carbons (Fsp3) is 0.304. The zero-order valence-electron chi connectivity index (χ0n) is 17.6. The third-order valence-electron chi connectivity index (χ3n) is 5.56. The monoisotopic (exact) mass is 454 g/mol. The SMILES string of the molecule is CCOC(=O)Cn1ncc2c1CCCC2N(c1ccc(-c2cccc(O)c2)cc1)S(=O)[O-]. The summed E-state index contributed by atoms with van der Waals surface area (Å²) in [5.41, 5.74) is 3.92. The summed E-state index contributed by atoms with van der Waals surface area (Å²) >= 11 is -2.50. The minimum Gasteiger partial charge on any atom is -0.755 e. The molecule has 2 unspecified atom stereocenters. The topological polar surface area (TPSA) is 108 Å². The lowest BCUT2D eigenvalue weighted by molar-refractivity contribution is -0.144. The van der Waals surface area contributed by atoms with Gasteiger partial charge in [0.15, 0.2) is 0 Å². The summed E-state index contributed by atoms with van der Waals surface area (Å²) in [6.07, 6.45) is 3.81. The second kappa shape index (κ2) is 9.54. The number of esters is 1. The predicted molar refractivity (Wildman–Crippen MR) is 119 cm³/mol. The maximum atomic E-state index is 12.3. The molecule has 1 aliphatic carbocycles. The minimum absolute atomic E-state index is 0.00890. The molecule has 9 heteroatoms. The van der Waals surface area contributed by atoms with Gasteiger partial charge in [-0.3, -0.25) is 18.0 Å². The molecule has 1 N–H and O–H groups in total. The number of aromatic hydroxyl groups is 1. The van der Waals surface area contributed by atoms with Crippen molar-refractivity contribution < 1.29 is 23.4 Å². The standard InChI is InChI=1S/C23H25N3O5S/c1-2-31-23(28)15-25-21-7-4-8-22(20(21)14-24-25)26(32(29)30)18-11-9-16(10-12-18)17-5-3-6-19(27)13-17/h3,5-6,9-14,22,27H,2,4,7-8,15H2,1H3,(H,29,30)/p-1. The van der Waals surface area contributed by atoms with Crippen LogP contribution < -0.4 is 4.31 Å². The molecular formula is C23H24N3O5S-. The van der Waals surface area contributed by atoms with E-state index in [1.807, 2.05) is 18.2 Å². The smallest absolute Gasteiger partial charge is 0.327 e. The van der Waals surface area contributed by atoms with E-state index in [2.05, 4.69) is 5.10 Å². The molecule has 2 atom stereocenters. The van der Waals surface area contributed by atoms with Gasteiger partial charge in [-0.05, 0) is 61.6 Å². The van der Waals surface area contributed by atoms with E-state index < -0.39 is 17.3 Å². The summed E-state index contributed by atoms with van der Waals surface area (Å²) in [5.74, 6) is -0.198. The van der Waals surface area contributed by atoms with Gasteiger partial charge in [-0.25, -0.2) is 0 Å². The maximum Gasteiger partial charge on any atom is 0.327 e. The second-order valence-corrected chi connectivity index (χ2v) is 8.39. The number of fused-ring (bicyclic) bond motifs is 1. The van der Waals surface area contributed by atoms with Gasteiger partial charge in [-0.1, -0.05) is 24.3 Å². The molecule has 0 bridgehead atoms. The van der Waals surface area contributed by atoms with Gasteiger partial charge in [-0.2, -0.15) is 5.10 Å². The summed E-state index contributed by atoms with van der Waals surface area (Å²) < 4.78 is 32.5. The predicted octanol–water partition coefficient (Wildman–Crippen LogP) is 3.50. The molecule has 168 valence electrons. The van der Waals surface area contributed by atoms with E-state index in [1.165, 1.54) is 4.31 Å². The molecule has 1 aromatic heterocycles. The first kappa shape index (κ1) is 22.0. The molecule has 0 aliphatic heterocycles. The van der Waals surface area contributed by atoms with Crippen LogP contribution in [0.25, 0.3) is 11.1 Å². The minimum atomic E-state index is -2.50. The number of benzene rings is 2. The van der Waals surface area contributed by atoms with Gasteiger partial charge in [0.2, 0.25) is 0 Å². The molecule has 0 saturated carbocycles. The van der Waals surface area contributed by atoms with Crippen molar-refractivity contribution >= 4 is 22.9 Å². The largest absolute Gasteiger partial charge is 0.755 e. The highest BCUT2D eigenvalue weighted by molar-refractivity contribution is 7.80. The molecule has 3 aromatic rings. The van der Waals surface area contributed by atoms with E-state index in [1.54, 1.807) is 48.1 Å². The Hall–Kier alpha value is -3.17. The lowest BCUT2D eigenvalue weighted by Gasteiger charge is -2.37. The van der Waals surface area contributed by atoms with Crippen LogP contribution in [0.15, 0.2) is 54.7 Å². The molecule has 4 rings (SSSR count). The van der Waals surface area contributed by atoms with Gasteiger partial charge in [0.05, 0.1) is 18.8 Å². The number of hydrogen-bond acceptors (Lipinski definition) is 6. The zero-order valence-corrected chi connectivity index (χ0v) is 18.5. The number of phenols is 1. The van der Waals surface area contributed by atoms with E-state index in [-0.39, 0.29) is 18.3 Å². The molecule has 1 aliphatic rings. The summed E-state index contributed by atoms with van der Waals surface area (Å²) in [7, 11) is 0. The summed E-state index contributed by atoms with van der Waals surface area (Å²) in [5, 5.41) is 14.0. The molecule has 32 heavy (non-hydrogen) atoms. The van der Waals surface area contributed by atoms with Crippen LogP contribution in [0.5, 0.6) is 5.75 Å². The number of aromatic nitrogens is 2. The van der Waals surface area contributed by atoms with Crippen LogP contribution in [-0.2, 0) is 33.8 Å². The third-order valence-corrected chi connectivity index (χ3v) is 6.35. The Kier molecular flexibility index (Phi) is 6.57. The van der Waals surface area contributed by atoms with Gasteiger partial charge in [0.1, 0.15) is 12.3 Å². The Morgan fingerprint density at radius 3 is 2.75 bits per heavy atom. The highest BCUT2D eigenvalue weighted by atomic mass is 32.2. The van der Waals surface area contributed by atoms with Crippen molar-refractivity contribution in [2.45, 2.75) is 38.8 Å². The van der Waals surface area contributed by atoms with Crippen LogP contribution >= 0.6 is 0 Å². The van der Waals surface area contributed by atoms with E-state index in [9.17, 15) is 18.7 Å². The summed E-state index contributed by atoms with van der Waals surface area (Å²) in [6, 6.07) is 13.7. The van der Waals surface area contributed by atoms with Crippen molar-refractivity contribution in [1.82, 2.24) is 9.78 Å². The highest BCUT2D eigenvalue weighted by Gasteiger charge is 2.30. The fourth-order valence-electron chi connectivity index (χ4n) is 4.16. The van der Waals surface area contributed by atoms with E-state index >= 15 is 0 Å². The third kappa shape index (κ3) is 4.53. The van der Waals surface area contributed by atoms with Crippen LogP contribution in [0.1, 0.15) is 37.1 Å². The number of nitrogens with zero attached hydrogens (tertiary/aromatic N) is 3. The number of rotatable bonds is 7. The average Bonchev–Trinajstić information content (AvgIpc) is 3.18. The van der Waals surface area contributed by atoms with Crippen molar-refractivity contribution in [2.24, 2.45) is 0 Å². The molecule has 0 spiro atoms. The molecule has 0 fully saturated rings. The van der Waals surface area contributed by atoms with Crippen molar-refractivity contribution in [3.8, 4) is 16.9 Å². The van der Waals surface area contributed by atoms with Crippen LogP contribution in [0.3, 0.4) is 0 Å². The van der Waals surface area contributed by atoms with Crippen LogP contribution in [0.4, 0.5) is 5.69 Å². The molecule has 8 nitrogen and oxygen atoms in total. The summed E-state index contributed by atoms with van der Waals surface area (Å²) in [6.45, 7) is 2.06. The van der Waals surface area contributed by atoms with Crippen molar-refractivity contribution in [3.63, 3.8) is 0 Å². The van der Waals surface area contributed by atoms with Crippen LogP contribution in [-0.4, -0.2) is 36.2 Å². The van der Waals surface area contributed by atoms with E-state index in [4.69, 9.17) is 4.74 Å². The maximum absolute atomic E-state index is 12.3. The number of hydrogen-bond donors (Lipinski definition) is 1. The lowest BCUT2D eigenvalue weighted by Crippen LogP contribution is -2.33. The quantitative estimate of drug-likeness (QED) is 0.432. The number of ether oxygens (including phenoxy) is 1. The van der Waals surface area contributed by atoms with Crippen molar-refractivity contribution in [1.29, 1.82) is 0 Å². The van der Waals surface area contributed by atoms with Gasteiger partial charge in [0.25, 0.3) is 0 Å². The molecule has 2 aromatic carbocycles. The Morgan fingerprint density at radius 1 is 1.28 bits per heavy atom. The normalized spacial score (nSPS) is 16.2. The second-order valence-electron chi connectivity index (χ2n) is 7.56. The van der Waals surface area contributed by atoms with Crippen LogP contribution in [0, 0.1) is 0 Å². The van der Waals surface area contributed by atoms with Crippen molar-refractivity contribution in [3.05, 3.63) is 66.0 Å². The number of anilines is 1. The fourth-order valence-corrected chi connectivity index (χ4v) is 4.88. The van der Waals surface area contributed by atoms with Gasteiger partial charge >= 0.3 is 5.97 Å². The lowest BCUT2D eigenvalue weighted by atomic mass is 9.92. The van der Waals surface area contributed by atoms with Crippen LogP contribution in [0.2, 0.25) is 0 Å². The van der Waals surface area contributed by atoms with Gasteiger partial charge in [-0.15, -0.1) is 0 Å². The van der Waals surface area contributed by atoms with Gasteiger partial charge in [0, 0.05) is 28.2 Å². The first-order chi connectivity index (χ1) is 15.5. The first-order valence-corrected chi connectivity index (χ1v) is 11.5. The Balaban J connectivity index is 1.62. The first-order valence-electron chi connectivity index (χ1n) is 10.5. The number of phenolic OH excluding ortho intramolecular Hbond substituents is 1. The molecule has 1 heterocycles. The van der Waals surface area contributed by atoms with E-state index in [0.717, 1.165) is 35.2 Å². The number of carbonyl (C=O) groups excluding carboxylic acids is 1. The molecule has 0 saturated heterocycles. The zero-order chi connectivity index (χ0) is 22.7. The Labute approximate surface area is 188 Å². The molecule has 0 radical (unpaired) electrons. The average molecular weight is 455 g/mol. The van der Waals surface area contributed by atoms with Crippen molar-refractivity contribution in [2.75, 3.05) is 10.9 Å². The summed E-state index contributed by atoms with van der Waals surface area (Å²) in [4.78, 5) is 11.9. The number of carbonyl (C=O) groups is 1. The molecular weight excluding hydrogens is 430 g/mol. The Bertz CT molecular complexity index is 1130. The molecule has 0 amide bonds. The van der Waals surface area contributed by atoms with E-state index in [0.29, 0.717) is 18.7 Å². The Morgan fingerprint density at radius 2 is 2.06 bits per heavy atom. The van der Waals surface area contributed by atoms with Gasteiger partial charge < -0.3 is 14.4 Å².